The molecule has 0 amide bonds. The van der Waals surface area contributed by atoms with Gasteiger partial charge in [-0.25, -0.2) is 13.4 Å². The monoisotopic (exact) mass is 283 g/mol. The van der Waals surface area contributed by atoms with Gasteiger partial charge in [-0.3, -0.25) is 0 Å². The summed E-state index contributed by atoms with van der Waals surface area (Å²) in [6.45, 7) is 6.14. The molecule has 0 bridgehead atoms. The van der Waals surface area contributed by atoms with Gasteiger partial charge in [0.05, 0.1) is 11.4 Å². The molecular formula is C13H21N3O2S. The fourth-order valence-electron chi connectivity index (χ4n) is 1.52. The zero-order chi connectivity index (χ0) is 14.3. The van der Waals surface area contributed by atoms with Crippen LogP contribution in [0.15, 0.2) is 34.2 Å². The Labute approximate surface area is 115 Å². The van der Waals surface area contributed by atoms with Gasteiger partial charge in [0, 0.05) is 19.3 Å². The number of sulfone groups is 1. The number of nitrogens with one attached hydrogen (secondary N) is 2. The van der Waals surface area contributed by atoms with E-state index in [4.69, 9.17) is 0 Å². The first kappa shape index (κ1) is 15.5. The molecule has 2 N–H and O–H groups in total. The molecule has 0 heterocycles. The van der Waals surface area contributed by atoms with E-state index in [1.807, 2.05) is 13.8 Å². The maximum Gasteiger partial charge on any atom is 0.191 e. The summed E-state index contributed by atoms with van der Waals surface area (Å²) in [4.78, 5) is 4.74. The molecule has 106 valence electrons. The van der Waals surface area contributed by atoms with Gasteiger partial charge in [0.2, 0.25) is 0 Å². The Bertz CT molecular complexity index is 513. The molecule has 0 aliphatic rings. The van der Waals surface area contributed by atoms with Crippen LogP contribution in [0, 0.1) is 0 Å². The van der Waals surface area contributed by atoms with E-state index in [-0.39, 0.29) is 0 Å². The lowest BCUT2D eigenvalue weighted by atomic mass is 10.2. The maximum atomic E-state index is 11.3. The number of hydrogen-bond acceptors (Lipinski definition) is 3. The minimum Gasteiger partial charge on any atom is -0.357 e. The molecule has 1 aromatic carbocycles. The fourth-order valence-corrected chi connectivity index (χ4v) is 2.15. The third kappa shape index (κ3) is 5.30. The molecule has 0 spiro atoms. The highest BCUT2D eigenvalue weighted by Crippen LogP contribution is 2.10. The molecule has 0 aliphatic heterocycles. The Morgan fingerprint density at radius 1 is 1.11 bits per heavy atom. The Balaban J connectivity index is 2.74. The minimum absolute atomic E-state index is 0.332. The van der Waals surface area contributed by atoms with E-state index in [0.717, 1.165) is 24.6 Å². The van der Waals surface area contributed by atoms with Crippen molar-refractivity contribution in [3.63, 3.8) is 0 Å². The molecule has 5 nitrogen and oxygen atoms in total. The number of benzene rings is 1. The highest BCUT2D eigenvalue weighted by molar-refractivity contribution is 7.90. The van der Waals surface area contributed by atoms with Crippen LogP contribution in [0.5, 0.6) is 0 Å². The summed E-state index contributed by atoms with van der Waals surface area (Å²) in [5.74, 6) is 0.761. The third-order valence-corrected chi connectivity index (χ3v) is 3.59. The second kappa shape index (κ2) is 7.13. The number of rotatable bonds is 5. The second-order valence-electron chi connectivity index (χ2n) is 4.14. The Kier molecular flexibility index (Phi) is 5.82. The molecule has 0 saturated carbocycles. The molecule has 0 saturated heterocycles. The number of hydrogen-bond donors (Lipinski definition) is 2. The first-order chi connectivity index (χ1) is 8.97. The lowest BCUT2D eigenvalue weighted by Crippen LogP contribution is -2.36. The van der Waals surface area contributed by atoms with E-state index in [1.165, 1.54) is 6.26 Å². The van der Waals surface area contributed by atoms with Crippen LogP contribution >= 0.6 is 0 Å². The van der Waals surface area contributed by atoms with E-state index in [2.05, 4.69) is 15.6 Å². The van der Waals surface area contributed by atoms with Crippen molar-refractivity contribution in [2.24, 2.45) is 4.99 Å². The quantitative estimate of drug-likeness (QED) is 0.628. The summed E-state index contributed by atoms with van der Waals surface area (Å²) in [5.41, 5.74) is 0.973. The maximum absolute atomic E-state index is 11.3. The largest absolute Gasteiger partial charge is 0.357 e. The average Bonchev–Trinajstić information content (AvgIpc) is 2.36. The number of aliphatic imine (C=N–C) groups is 1. The summed E-state index contributed by atoms with van der Waals surface area (Å²) in [6.07, 6.45) is 1.20. The molecule has 0 aromatic heterocycles. The molecule has 0 unspecified atom stereocenters. The first-order valence-corrected chi connectivity index (χ1v) is 8.17. The van der Waals surface area contributed by atoms with E-state index >= 15 is 0 Å². The number of nitrogens with zero attached hydrogens (tertiary/aromatic N) is 1. The summed E-state index contributed by atoms with van der Waals surface area (Å²) in [7, 11) is -3.13. The van der Waals surface area contributed by atoms with Crippen molar-refractivity contribution >= 4 is 15.8 Å². The van der Waals surface area contributed by atoms with Crippen molar-refractivity contribution in [1.29, 1.82) is 0 Å². The van der Waals surface area contributed by atoms with Gasteiger partial charge >= 0.3 is 0 Å². The van der Waals surface area contributed by atoms with Crippen LogP contribution in [0.2, 0.25) is 0 Å². The van der Waals surface area contributed by atoms with E-state index in [0.29, 0.717) is 11.4 Å². The average molecular weight is 283 g/mol. The summed E-state index contributed by atoms with van der Waals surface area (Å²) in [6, 6.07) is 6.80. The van der Waals surface area contributed by atoms with Crippen LogP contribution in [0.1, 0.15) is 19.4 Å². The van der Waals surface area contributed by atoms with Crippen molar-refractivity contribution in [1.82, 2.24) is 10.6 Å². The third-order valence-electron chi connectivity index (χ3n) is 2.46. The smallest absolute Gasteiger partial charge is 0.191 e. The van der Waals surface area contributed by atoms with Crippen molar-refractivity contribution in [2.45, 2.75) is 25.3 Å². The SMILES string of the molecule is CCNC(=NCc1ccc(S(C)(=O)=O)cc1)NCC. The van der Waals surface area contributed by atoms with Crippen LogP contribution < -0.4 is 10.6 Å². The molecule has 6 heteroatoms. The standard InChI is InChI=1S/C13H21N3O2S/c1-4-14-13(15-5-2)16-10-11-6-8-12(9-7-11)19(3,17)18/h6-9H,4-5,10H2,1-3H3,(H2,14,15,16). The van der Waals surface area contributed by atoms with Crippen LogP contribution in [0.4, 0.5) is 0 Å². The summed E-state index contributed by atoms with van der Waals surface area (Å²) in [5, 5.41) is 6.26. The van der Waals surface area contributed by atoms with Gasteiger partial charge in [0.25, 0.3) is 0 Å². The molecule has 0 fully saturated rings. The van der Waals surface area contributed by atoms with Crippen molar-refractivity contribution in [3.05, 3.63) is 29.8 Å². The number of guanidine groups is 1. The Hall–Kier alpha value is -1.56. The molecule has 0 radical (unpaired) electrons. The molecular weight excluding hydrogens is 262 g/mol. The summed E-state index contributed by atoms with van der Waals surface area (Å²) < 4.78 is 22.7. The fraction of sp³-hybridized carbons (Fsp3) is 0.462. The molecule has 1 rings (SSSR count). The second-order valence-corrected chi connectivity index (χ2v) is 6.16. The van der Waals surface area contributed by atoms with Crippen LogP contribution in [-0.2, 0) is 16.4 Å². The van der Waals surface area contributed by atoms with Gasteiger partial charge in [-0.15, -0.1) is 0 Å². The minimum atomic E-state index is -3.13. The van der Waals surface area contributed by atoms with Crippen molar-refractivity contribution < 1.29 is 8.42 Å². The summed E-state index contributed by atoms with van der Waals surface area (Å²) >= 11 is 0. The van der Waals surface area contributed by atoms with Crippen LogP contribution in [0.3, 0.4) is 0 Å². The van der Waals surface area contributed by atoms with Gasteiger partial charge in [0.15, 0.2) is 15.8 Å². The predicted molar refractivity (Wildman–Crippen MR) is 78.0 cm³/mol. The molecule has 0 atom stereocenters. The Morgan fingerprint density at radius 3 is 2.05 bits per heavy atom. The zero-order valence-electron chi connectivity index (χ0n) is 11.6. The van der Waals surface area contributed by atoms with Gasteiger partial charge in [-0.05, 0) is 31.5 Å². The highest BCUT2D eigenvalue weighted by atomic mass is 32.2. The van der Waals surface area contributed by atoms with Crippen LogP contribution in [-0.4, -0.2) is 33.7 Å². The molecule has 19 heavy (non-hydrogen) atoms. The van der Waals surface area contributed by atoms with E-state index < -0.39 is 9.84 Å². The van der Waals surface area contributed by atoms with Gasteiger partial charge < -0.3 is 10.6 Å². The normalized spacial score (nSPS) is 10.9. The van der Waals surface area contributed by atoms with Gasteiger partial charge in [-0.2, -0.15) is 0 Å². The Morgan fingerprint density at radius 2 is 1.63 bits per heavy atom. The van der Waals surface area contributed by atoms with Crippen molar-refractivity contribution in [2.75, 3.05) is 19.3 Å². The van der Waals surface area contributed by atoms with Crippen molar-refractivity contribution in [3.8, 4) is 0 Å². The van der Waals surface area contributed by atoms with Gasteiger partial charge in [0.1, 0.15) is 0 Å². The highest BCUT2D eigenvalue weighted by Gasteiger charge is 2.05. The molecule has 0 aliphatic carbocycles. The first-order valence-electron chi connectivity index (χ1n) is 6.28. The predicted octanol–water partition coefficient (Wildman–Crippen LogP) is 1.17. The lowest BCUT2D eigenvalue weighted by molar-refractivity contribution is 0.602. The van der Waals surface area contributed by atoms with E-state index in [1.54, 1.807) is 24.3 Å². The lowest BCUT2D eigenvalue weighted by Gasteiger charge is -2.09. The van der Waals surface area contributed by atoms with E-state index in [9.17, 15) is 8.42 Å². The van der Waals surface area contributed by atoms with Gasteiger partial charge in [-0.1, -0.05) is 12.1 Å². The van der Waals surface area contributed by atoms with Crippen LogP contribution in [0.25, 0.3) is 0 Å². The zero-order valence-corrected chi connectivity index (χ0v) is 12.4. The topological polar surface area (TPSA) is 70.6 Å². The molecule has 1 aromatic rings.